The highest BCUT2D eigenvalue weighted by Crippen LogP contribution is 2.17. The number of nitrogens with zero attached hydrogens (tertiary/aromatic N) is 1. The van der Waals surface area contributed by atoms with Crippen molar-refractivity contribution in [3.63, 3.8) is 0 Å². The first-order valence-corrected chi connectivity index (χ1v) is 8.23. The Kier molecular flexibility index (Phi) is 12.5. The number of alkyl carbamates (subject to hydrolysis) is 1. The average molecular weight is 442 g/mol. The predicted molar refractivity (Wildman–Crippen MR) is 107 cm³/mol. The summed E-state index contributed by atoms with van der Waals surface area (Å²) in [6, 6.07) is 0. The van der Waals surface area contributed by atoms with Crippen LogP contribution in [0.25, 0.3) is 0 Å². The van der Waals surface area contributed by atoms with Gasteiger partial charge >= 0.3 is 6.09 Å². The summed E-state index contributed by atoms with van der Waals surface area (Å²) in [4.78, 5) is 16.4. The molecule has 0 aromatic heterocycles. The van der Waals surface area contributed by atoms with Crippen LogP contribution in [0.1, 0.15) is 67.2 Å². The van der Waals surface area contributed by atoms with Gasteiger partial charge in [0.05, 0.1) is 12.1 Å². The predicted octanol–water partition coefficient (Wildman–Crippen LogP) is 3.39. The molecule has 23 heavy (non-hydrogen) atoms. The van der Waals surface area contributed by atoms with Gasteiger partial charge in [-0.15, -0.1) is 24.0 Å². The normalized spacial score (nSPS) is 12.3. The molecule has 0 bridgehead atoms. The van der Waals surface area contributed by atoms with Gasteiger partial charge < -0.3 is 21.1 Å². The van der Waals surface area contributed by atoms with Gasteiger partial charge in [-0.05, 0) is 40.0 Å². The van der Waals surface area contributed by atoms with Crippen molar-refractivity contribution in [2.24, 2.45) is 10.7 Å². The fourth-order valence-electron chi connectivity index (χ4n) is 1.90. The smallest absolute Gasteiger partial charge is 0.408 e. The molecule has 0 spiro atoms. The van der Waals surface area contributed by atoms with Crippen LogP contribution in [-0.2, 0) is 4.74 Å². The van der Waals surface area contributed by atoms with Crippen LogP contribution in [0.5, 0.6) is 0 Å². The standard InChI is InChI=1S/C16H34N4O2.HI/c1-7-10-11-18-13(17)19-12-16(8-2,9-3)20-14(21)22-15(4,5)6;/h7-12H2,1-6H3,(H,20,21)(H3,17,18,19);1H. The van der Waals surface area contributed by atoms with Crippen LogP contribution in [0.4, 0.5) is 4.79 Å². The molecule has 0 unspecified atom stereocenters. The third-order valence-electron chi connectivity index (χ3n) is 3.51. The second-order valence-electron chi connectivity index (χ2n) is 6.60. The number of carbonyl (C=O) groups is 1. The van der Waals surface area contributed by atoms with Gasteiger partial charge in [0, 0.05) is 6.54 Å². The summed E-state index contributed by atoms with van der Waals surface area (Å²) in [5, 5.41) is 6.04. The molecule has 0 aliphatic carbocycles. The summed E-state index contributed by atoms with van der Waals surface area (Å²) in [6.45, 7) is 13.0. The molecule has 7 heteroatoms. The number of unbranched alkanes of at least 4 members (excludes halogenated alkanes) is 1. The largest absolute Gasteiger partial charge is 0.444 e. The fourth-order valence-corrected chi connectivity index (χ4v) is 1.90. The van der Waals surface area contributed by atoms with Gasteiger partial charge in [0.2, 0.25) is 0 Å². The van der Waals surface area contributed by atoms with Gasteiger partial charge in [0.1, 0.15) is 5.60 Å². The Balaban J connectivity index is 0. The number of amides is 1. The minimum absolute atomic E-state index is 0. The van der Waals surface area contributed by atoms with Crippen LogP contribution < -0.4 is 16.4 Å². The van der Waals surface area contributed by atoms with E-state index in [1.54, 1.807) is 0 Å². The summed E-state index contributed by atoms with van der Waals surface area (Å²) in [5.74, 6) is 0.422. The van der Waals surface area contributed by atoms with Crippen molar-refractivity contribution < 1.29 is 9.53 Å². The zero-order chi connectivity index (χ0) is 17.2. The molecule has 0 fully saturated rings. The molecular formula is C16H35IN4O2. The van der Waals surface area contributed by atoms with Gasteiger partial charge in [-0.2, -0.15) is 0 Å². The quantitative estimate of drug-likeness (QED) is 0.233. The van der Waals surface area contributed by atoms with Crippen molar-refractivity contribution in [2.45, 2.75) is 78.4 Å². The second kappa shape index (κ2) is 11.8. The first-order valence-electron chi connectivity index (χ1n) is 8.23. The van der Waals surface area contributed by atoms with Crippen LogP contribution in [0.2, 0.25) is 0 Å². The molecule has 0 radical (unpaired) electrons. The van der Waals surface area contributed by atoms with E-state index >= 15 is 0 Å². The SMILES string of the molecule is CCCCNC(N)=NCC(CC)(CC)NC(=O)OC(C)(C)C.I. The van der Waals surface area contributed by atoms with E-state index < -0.39 is 17.2 Å². The Morgan fingerprint density at radius 3 is 2.17 bits per heavy atom. The maximum atomic E-state index is 12.0. The number of rotatable bonds is 8. The lowest BCUT2D eigenvalue weighted by Crippen LogP contribution is -2.52. The number of guanidine groups is 1. The molecule has 0 heterocycles. The first kappa shape index (κ1) is 24.5. The molecule has 4 N–H and O–H groups in total. The van der Waals surface area contributed by atoms with Crippen molar-refractivity contribution in [3.8, 4) is 0 Å². The summed E-state index contributed by atoms with van der Waals surface area (Å²) in [6.07, 6.45) is 3.26. The number of ether oxygens (including phenoxy) is 1. The van der Waals surface area contributed by atoms with Gasteiger partial charge in [0.25, 0.3) is 0 Å². The molecule has 0 rings (SSSR count). The number of halogens is 1. The second-order valence-corrected chi connectivity index (χ2v) is 6.60. The molecule has 1 amide bonds. The highest BCUT2D eigenvalue weighted by molar-refractivity contribution is 14.0. The molecule has 0 saturated carbocycles. The molecular weight excluding hydrogens is 407 g/mol. The van der Waals surface area contributed by atoms with Crippen molar-refractivity contribution in [1.29, 1.82) is 0 Å². The summed E-state index contributed by atoms with van der Waals surface area (Å²) in [7, 11) is 0. The molecule has 0 atom stereocenters. The fraction of sp³-hybridized carbons (Fsp3) is 0.875. The van der Waals surface area contributed by atoms with Crippen LogP contribution in [0, 0.1) is 0 Å². The first-order chi connectivity index (χ1) is 10.2. The zero-order valence-electron chi connectivity index (χ0n) is 15.5. The number of hydrogen-bond acceptors (Lipinski definition) is 3. The lowest BCUT2D eigenvalue weighted by molar-refractivity contribution is 0.0452. The number of nitrogens with one attached hydrogen (secondary N) is 2. The van der Waals surface area contributed by atoms with Gasteiger partial charge in [0.15, 0.2) is 5.96 Å². The highest BCUT2D eigenvalue weighted by atomic mass is 127. The lowest BCUT2D eigenvalue weighted by atomic mass is 9.93. The molecule has 0 aliphatic heterocycles. The van der Waals surface area contributed by atoms with E-state index in [1.165, 1.54) is 0 Å². The van der Waals surface area contributed by atoms with E-state index in [1.807, 2.05) is 34.6 Å². The number of nitrogens with two attached hydrogens (primary N) is 1. The molecule has 0 aromatic carbocycles. The van der Waals surface area contributed by atoms with E-state index in [0.29, 0.717) is 12.5 Å². The van der Waals surface area contributed by atoms with Crippen LogP contribution in [-0.4, -0.2) is 36.3 Å². The number of carbonyl (C=O) groups excluding carboxylic acids is 1. The number of aliphatic imine (C=N–C) groups is 1. The molecule has 0 saturated heterocycles. The third kappa shape index (κ3) is 11.4. The summed E-state index contributed by atoms with van der Waals surface area (Å²) < 4.78 is 5.34. The van der Waals surface area contributed by atoms with E-state index in [0.717, 1.165) is 32.2 Å². The van der Waals surface area contributed by atoms with E-state index in [9.17, 15) is 4.79 Å². The molecule has 6 nitrogen and oxygen atoms in total. The summed E-state index contributed by atoms with van der Waals surface area (Å²) >= 11 is 0. The van der Waals surface area contributed by atoms with Crippen molar-refractivity contribution in [3.05, 3.63) is 0 Å². The Morgan fingerprint density at radius 2 is 1.74 bits per heavy atom. The van der Waals surface area contributed by atoms with E-state index in [-0.39, 0.29) is 24.0 Å². The van der Waals surface area contributed by atoms with Crippen molar-refractivity contribution in [1.82, 2.24) is 10.6 Å². The van der Waals surface area contributed by atoms with Crippen LogP contribution in [0.3, 0.4) is 0 Å². The Morgan fingerprint density at radius 1 is 1.17 bits per heavy atom. The van der Waals surface area contributed by atoms with Gasteiger partial charge in [-0.1, -0.05) is 27.2 Å². The number of hydrogen-bond donors (Lipinski definition) is 3. The molecule has 138 valence electrons. The topological polar surface area (TPSA) is 88.7 Å². The van der Waals surface area contributed by atoms with Gasteiger partial charge in [-0.25, -0.2) is 4.79 Å². The third-order valence-corrected chi connectivity index (χ3v) is 3.51. The Bertz CT molecular complexity index is 364. The average Bonchev–Trinajstić information content (AvgIpc) is 2.42. The van der Waals surface area contributed by atoms with Crippen LogP contribution in [0.15, 0.2) is 4.99 Å². The van der Waals surface area contributed by atoms with E-state index in [2.05, 4.69) is 22.5 Å². The lowest BCUT2D eigenvalue weighted by Gasteiger charge is -2.32. The monoisotopic (exact) mass is 442 g/mol. The molecule has 0 aliphatic rings. The summed E-state index contributed by atoms with van der Waals surface area (Å²) in [5.41, 5.74) is 4.91. The van der Waals surface area contributed by atoms with Crippen LogP contribution >= 0.6 is 24.0 Å². The molecule has 0 aromatic rings. The maximum Gasteiger partial charge on any atom is 0.408 e. The minimum atomic E-state index is -0.513. The maximum absolute atomic E-state index is 12.0. The van der Waals surface area contributed by atoms with E-state index in [4.69, 9.17) is 10.5 Å². The van der Waals surface area contributed by atoms with Gasteiger partial charge in [-0.3, -0.25) is 4.99 Å². The zero-order valence-corrected chi connectivity index (χ0v) is 17.8. The Labute approximate surface area is 158 Å². The van der Waals surface area contributed by atoms with Crippen molar-refractivity contribution in [2.75, 3.05) is 13.1 Å². The minimum Gasteiger partial charge on any atom is -0.444 e. The van der Waals surface area contributed by atoms with Crippen molar-refractivity contribution >= 4 is 36.0 Å². The Hall–Kier alpha value is -0.730. The highest BCUT2D eigenvalue weighted by Gasteiger charge is 2.30.